The van der Waals surface area contributed by atoms with Gasteiger partial charge in [-0.2, -0.15) is 0 Å². The number of carbonyl (C=O) groups excluding carboxylic acids is 1. The van der Waals surface area contributed by atoms with Gasteiger partial charge in [-0.1, -0.05) is 29.8 Å². The highest BCUT2D eigenvalue weighted by atomic mass is 16.6. The predicted molar refractivity (Wildman–Crippen MR) is 76.9 cm³/mol. The Balaban J connectivity index is 2.84. The van der Waals surface area contributed by atoms with Crippen molar-refractivity contribution >= 4 is 12.1 Å². The van der Waals surface area contributed by atoms with Gasteiger partial charge in [-0.3, -0.25) is 0 Å². The normalized spacial score (nSPS) is 14.1. The summed E-state index contributed by atoms with van der Waals surface area (Å²) in [6.07, 6.45) is -2.25. The third-order valence-corrected chi connectivity index (χ3v) is 2.67. The Morgan fingerprint density at radius 2 is 1.71 bits per heavy atom. The average molecular weight is 295 g/mol. The molecular formula is C15H21NO5. The molecule has 0 spiro atoms. The summed E-state index contributed by atoms with van der Waals surface area (Å²) < 4.78 is 5.00. The average Bonchev–Trinajstić information content (AvgIpc) is 2.33. The van der Waals surface area contributed by atoms with Gasteiger partial charge in [0.2, 0.25) is 0 Å². The summed E-state index contributed by atoms with van der Waals surface area (Å²) in [7, 11) is 0. The van der Waals surface area contributed by atoms with E-state index in [0.717, 1.165) is 5.56 Å². The zero-order chi connectivity index (χ0) is 16.2. The molecule has 0 aliphatic heterocycles. The molecule has 6 nitrogen and oxygen atoms in total. The number of alkyl carbamates (subject to hydrolysis) is 1. The lowest BCUT2D eigenvalue weighted by Crippen LogP contribution is -2.46. The van der Waals surface area contributed by atoms with Crippen molar-refractivity contribution in [2.24, 2.45) is 0 Å². The van der Waals surface area contributed by atoms with Crippen molar-refractivity contribution in [3.8, 4) is 0 Å². The fourth-order valence-electron chi connectivity index (χ4n) is 1.67. The Morgan fingerprint density at radius 3 is 2.14 bits per heavy atom. The maximum Gasteiger partial charge on any atom is 0.408 e. The smallest absolute Gasteiger partial charge is 0.408 e. The first-order chi connectivity index (χ1) is 9.60. The number of aliphatic hydroxyl groups is 1. The molecule has 1 amide bonds. The number of rotatable bonds is 4. The summed E-state index contributed by atoms with van der Waals surface area (Å²) in [5.74, 6) is -1.34. The zero-order valence-corrected chi connectivity index (χ0v) is 12.6. The van der Waals surface area contributed by atoms with Crippen molar-refractivity contribution in [1.29, 1.82) is 0 Å². The minimum Gasteiger partial charge on any atom is -0.480 e. The van der Waals surface area contributed by atoms with Crippen LogP contribution in [0.2, 0.25) is 0 Å². The first kappa shape index (κ1) is 17.0. The topological polar surface area (TPSA) is 95.9 Å². The number of carbonyl (C=O) groups is 2. The largest absolute Gasteiger partial charge is 0.480 e. The number of hydrogen-bond acceptors (Lipinski definition) is 4. The fourth-order valence-corrected chi connectivity index (χ4v) is 1.67. The summed E-state index contributed by atoms with van der Waals surface area (Å²) in [6, 6.07) is 5.26. The fraction of sp³-hybridized carbons (Fsp3) is 0.467. The van der Waals surface area contributed by atoms with E-state index in [1.54, 1.807) is 45.0 Å². The van der Waals surface area contributed by atoms with Gasteiger partial charge in [0.05, 0.1) is 0 Å². The standard InChI is InChI=1S/C15H21NO5/c1-9-5-7-10(8-6-9)12(17)11(13(18)19)16-14(20)21-15(2,3)4/h5-8,11-12,17H,1-4H3,(H,16,20)(H,18,19)/t11-,12+/m0/s1. The van der Waals surface area contributed by atoms with Crippen molar-refractivity contribution in [2.45, 2.75) is 45.4 Å². The number of ether oxygens (including phenoxy) is 1. The van der Waals surface area contributed by atoms with E-state index in [-0.39, 0.29) is 0 Å². The summed E-state index contributed by atoms with van der Waals surface area (Å²) in [6.45, 7) is 6.88. The predicted octanol–water partition coefficient (Wildman–Crippen LogP) is 2.01. The first-order valence-corrected chi connectivity index (χ1v) is 6.57. The molecule has 6 heteroatoms. The van der Waals surface area contributed by atoms with Gasteiger partial charge in [0.1, 0.15) is 11.7 Å². The summed E-state index contributed by atoms with van der Waals surface area (Å²) in [5.41, 5.74) is 0.643. The first-order valence-electron chi connectivity index (χ1n) is 6.57. The van der Waals surface area contributed by atoms with Crippen LogP contribution < -0.4 is 5.32 Å². The molecule has 0 bridgehead atoms. The molecular weight excluding hydrogens is 274 g/mol. The van der Waals surface area contributed by atoms with E-state index in [4.69, 9.17) is 4.74 Å². The molecule has 2 atom stereocenters. The zero-order valence-electron chi connectivity index (χ0n) is 12.6. The molecule has 0 saturated heterocycles. The van der Waals surface area contributed by atoms with Crippen molar-refractivity contribution in [2.75, 3.05) is 0 Å². The summed E-state index contributed by atoms with van der Waals surface area (Å²) in [5, 5.41) is 21.5. The number of nitrogens with one attached hydrogen (secondary N) is 1. The lowest BCUT2D eigenvalue weighted by atomic mass is 10.0. The van der Waals surface area contributed by atoms with E-state index < -0.39 is 29.8 Å². The van der Waals surface area contributed by atoms with Gasteiger partial charge in [-0.25, -0.2) is 9.59 Å². The number of aryl methyl sites for hydroxylation is 1. The van der Waals surface area contributed by atoms with Crippen molar-refractivity contribution < 1.29 is 24.5 Å². The molecule has 0 aromatic heterocycles. The lowest BCUT2D eigenvalue weighted by molar-refractivity contribution is -0.142. The molecule has 3 N–H and O–H groups in total. The van der Waals surface area contributed by atoms with Crippen LogP contribution >= 0.6 is 0 Å². The highest BCUT2D eigenvalue weighted by Gasteiger charge is 2.31. The number of amides is 1. The summed E-state index contributed by atoms with van der Waals surface area (Å²) >= 11 is 0. The molecule has 116 valence electrons. The molecule has 0 aliphatic rings. The number of hydrogen-bond donors (Lipinski definition) is 3. The molecule has 1 aromatic carbocycles. The molecule has 21 heavy (non-hydrogen) atoms. The highest BCUT2D eigenvalue weighted by molar-refractivity contribution is 5.80. The molecule has 1 aromatic rings. The van der Waals surface area contributed by atoms with Gasteiger partial charge in [-0.05, 0) is 33.3 Å². The highest BCUT2D eigenvalue weighted by Crippen LogP contribution is 2.18. The summed E-state index contributed by atoms with van der Waals surface area (Å²) in [4.78, 5) is 22.9. The van der Waals surface area contributed by atoms with Gasteiger partial charge < -0.3 is 20.3 Å². The Hall–Kier alpha value is -2.08. The second kappa shape index (κ2) is 6.58. The number of aliphatic hydroxyl groups excluding tert-OH is 1. The second-order valence-electron chi connectivity index (χ2n) is 5.82. The molecule has 0 unspecified atom stereocenters. The van der Waals surface area contributed by atoms with Gasteiger partial charge >= 0.3 is 12.1 Å². The molecule has 1 rings (SSSR count). The van der Waals surface area contributed by atoms with Gasteiger partial charge in [-0.15, -0.1) is 0 Å². The van der Waals surface area contributed by atoms with Crippen LogP contribution in [0.5, 0.6) is 0 Å². The Labute approximate surface area is 123 Å². The van der Waals surface area contributed by atoms with Gasteiger partial charge in [0.15, 0.2) is 6.04 Å². The third-order valence-electron chi connectivity index (χ3n) is 2.67. The van der Waals surface area contributed by atoms with Crippen LogP contribution in [0.3, 0.4) is 0 Å². The number of benzene rings is 1. The van der Waals surface area contributed by atoms with Crippen LogP contribution in [0.15, 0.2) is 24.3 Å². The number of aliphatic carboxylic acids is 1. The lowest BCUT2D eigenvalue weighted by Gasteiger charge is -2.24. The number of carboxylic acid groups (broad SMARTS) is 1. The van der Waals surface area contributed by atoms with Gasteiger partial charge in [0, 0.05) is 0 Å². The molecule has 0 aliphatic carbocycles. The SMILES string of the molecule is Cc1ccc([C@@H](O)[C@H](NC(=O)OC(C)(C)C)C(=O)O)cc1. The van der Waals surface area contributed by atoms with Crippen LogP contribution in [-0.2, 0) is 9.53 Å². The molecule has 0 fully saturated rings. The monoisotopic (exact) mass is 295 g/mol. The van der Waals surface area contributed by atoms with E-state index >= 15 is 0 Å². The van der Waals surface area contributed by atoms with E-state index in [9.17, 15) is 19.8 Å². The minimum absolute atomic E-state index is 0.407. The Morgan fingerprint density at radius 1 is 1.19 bits per heavy atom. The van der Waals surface area contributed by atoms with Crippen LogP contribution in [0.25, 0.3) is 0 Å². The van der Waals surface area contributed by atoms with E-state index in [0.29, 0.717) is 5.56 Å². The molecule has 0 heterocycles. The van der Waals surface area contributed by atoms with Gasteiger partial charge in [0.25, 0.3) is 0 Å². The number of carboxylic acids is 1. The minimum atomic E-state index is -1.48. The second-order valence-corrected chi connectivity index (χ2v) is 5.82. The Kier molecular flexibility index (Phi) is 5.32. The van der Waals surface area contributed by atoms with Crippen molar-refractivity contribution in [1.82, 2.24) is 5.32 Å². The van der Waals surface area contributed by atoms with E-state index in [2.05, 4.69) is 5.32 Å². The molecule has 0 radical (unpaired) electrons. The molecule has 0 saturated carbocycles. The maximum atomic E-state index is 11.7. The third kappa shape index (κ3) is 5.43. The quantitative estimate of drug-likeness (QED) is 0.789. The van der Waals surface area contributed by atoms with Crippen LogP contribution in [0, 0.1) is 6.92 Å². The van der Waals surface area contributed by atoms with Crippen molar-refractivity contribution in [3.05, 3.63) is 35.4 Å². The van der Waals surface area contributed by atoms with E-state index in [1.165, 1.54) is 0 Å². The van der Waals surface area contributed by atoms with E-state index in [1.807, 2.05) is 6.92 Å². The van der Waals surface area contributed by atoms with Crippen LogP contribution in [0.1, 0.15) is 38.0 Å². The van der Waals surface area contributed by atoms with Crippen LogP contribution in [-0.4, -0.2) is 33.9 Å². The van der Waals surface area contributed by atoms with Crippen molar-refractivity contribution in [3.63, 3.8) is 0 Å². The van der Waals surface area contributed by atoms with Crippen LogP contribution in [0.4, 0.5) is 4.79 Å². The maximum absolute atomic E-state index is 11.7. The Bertz CT molecular complexity index is 504.